The summed E-state index contributed by atoms with van der Waals surface area (Å²) in [5, 5.41) is 11.8. The van der Waals surface area contributed by atoms with Crippen molar-refractivity contribution in [1.29, 1.82) is 0 Å². The first-order chi connectivity index (χ1) is 7.72. The lowest BCUT2D eigenvalue weighted by atomic mass is 10.0. The molecule has 88 valence electrons. The van der Waals surface area contributed by atoms with Gasteiger partial charge in [-0.15, -0.1) is 6.58 Å². The zero-order valence-electron chi connectivity index (χ0n) is 10.5. The summed E-state index contributed by atoms with van der Waals surface area (Å²) in [4.78, 5) is 0. The summed E-state index contributed by atoms with van der Waals surface area (Å²) in [6.45, 7) is 11.0. The van der Waals surface area contributed by atoms with Crippen molar-refractivity contribution in [3.8, 4) is 0 Å². The van der Waals surface area contributed by atoms with Gasteiger partial charge < -0.3 is 5.32 Å². The third kappa shape index (κ3) is 3.14. The van der Waals surface area contributed by atoms with E-state index in [9.17, 15) is 0 Å². The van der Waals surface area contributed by atoms with E-state index in [2.05, 4.69) is 42.0 Å². The van der Waals surface area contributed by atoms with Gasteiger partial charge in [0.15, 0.2) is 0 Å². The number of hydrogen-bond acceptors (Lipinski definition) is 3. The van der Waals surface area contributed by atoms with Crippen molar-refractivity contribution in [1.82, 2.24) is 15.5 Å². The largest absolute Gasteiger partial charge is 0.310 e. The highest BCUT2D eigenvalue weighted by molar-refractivity contribution is 5.25. The minimum absolute atomic E-state index is 0.312. The highest BCUT2D eigenvalue weighted by Gasteiger charge is 2.14. The van der Waals surface area contributed by atoms with Crippen molar-refractivity contribution in [2.45, 2.75) is 39.7 Å². The molecule has 1 N–H and O–H groups in total. The van der Waals surface area contributed by atoms with Crippen molar-refractivity contribution in [2.24, 2.45) is 0 Å². The van der Waals surface area contributed by atoms with Crippen molar-refractivity contribution in [2.75, 3.05) is 6.54 Å². The molecule has 0 radical (unpaired) electrons. The van der Waals surface area contributed by atoms with E-state index in [1.165, 1.54) is 5.56 Å². The summed E-state index contributed by atoms with van der Waals surface area (Å²) in [6.07, 6.45) is 3.79. The summed E-state index contributed by atoms with van der Waals surface area (Å²) < 4.78 is 0. The van der Waals surface area contributed by atoms with Gasteiger partial charge in [0.1, 0.15) is 0 Å². The van der Waals surface area contributed by atoms with E-state index in [0.717, 1.165) is 30.8 Å². The van der Waals surface area contributed by atoms with Crippen LogP contribution in [0.4, 0.5) is 0 Å². The van der Waals surface area contributed by atoms with Crippen molar-refractivity contribution >= 4 is 0 Å². The molecule has 3 heteroatoms. The lowest BCUT2D eigenvalue weighted by Crippen LogP contribution is -2.22. The van der Waals surface area contributed by atoms with Crippen LogP contribution in [0.15, 0.2) is 18.7 Å². The smallest absolute Gasteiger partial charge is 0.0676 e. The normalized spacial score (nSPS) is 12.4. The molecule has 1 aromatic rings. The van der Waals surface area contributed by atoms with Gasteiger partial charge in [-0.1, -0.05) is 19.9 Å². The number of nitrogens with zero attached hydrogens (tertiary/aromatic N) is 2. The third-order valence-corrected chi connectivity index (χ3v) is 2.59. The van der Waals surface area contributed by atoms with Gasteiger partial charge in [-0.2, -0.15) is 10.2 Å². The maximum Gasteiger partial charge on any atom is 0.0676 e. The first kappa shape index (κ1) is 12.8. The predicted molar refractivity (Wildman–Crippen MR) is 67.4 cm³/mol. The summed E-state index contributed by atoms with van der Waals surface area (Å²) in [5.41, 5.74) is 3.31. The topological polar surface area (TPSA) is 37.8 Å². The van der Waals surface area contributed by atoms with Gasteiger partial charge in [-0.25, -0.2) is 0 Å². The highest BCUT2D eigenvalue weighted by atomic mass is 15.1. The van der Waals surface area contributed by atoms with Crippen LogP contribution >= 0.6 is 0 Å². The Bertz CT molecular complexity index is 347. The molecule has 1 aromatic heterocycles. The van der Waals surface area contributed by atoms with Crippen LogP contribution < -0.4 is 5.32 Å². The van der Waals surface area contributed by atoms with Crippen LogP contribution in [0.1, 0.15) is 43.3 Å². The molecule has 0 aromatic carbocycles. The summed E-state index contributed by atoms with van der Waals surface area (Å²) in [6, 6.07) is 2.44. The Morgan fingerprint density at radius 2 is 2.19 bits per heavy atom. The van der Waals surface area contributed by atoms with Crippen LogP contribution in [0.25, 0.3) is 0 Å². The molecule has 1 heterocycles. The minimum atomic E-state index is 0.312. The Morgan fingerprint density at radius 1 is 1.44 bits per heavy atom. The molecule has 16 heavy (non-hydrogen) atoms. The number of hydrogen-bond donors (Lipinski definition) is 1. The SMILES string of the molecule is C=CCC(NCC)c1cc(C)nnc1CC. The summed E-state index contributed by atoms with van der Waals surface area (Å²) in [5.74, 6) is 0. The van der Waals surface area contributed by atoms with Crippen LogP contribution in [0.5, 0.6) is 0 Å². The van der Waals surface area contributed by atoms with E-state index < -0.39 is 0 Å². The maximum absolute atomic E-state index is 4.26. The van der Waals surface area contributed by atoms with E-state index >= 15 is 0 Å². The average molecular weight is 219 g/mol. The average Bonchev–Trinajstić information content (AvgIpc) is 2.29. The molecule has 1 atom stereocenters. The molecule has 0 bridgehead atoms. The van der Waals surface area contributed by atoms with Gasteiger partial charge in [0, 0.05) is 6.04 Å². The van der Waals surface area contributed by atoms with Gasteiger partial charge >= 0.3 is 0 Å². The van der Waals surface area contributed by atoms with Gasteiger partial charge in [-0.05, 0) is 37.9 Å². The molecule has 0 amide bonds. The zero-order valence-corrected chi connectivity index (χ0v) is 10.5. The lowest BCUT2D eigenvalue weighted by Gasteiger charge is -2.19. The maximum atomic E-state index is 4.26. The lowest BCUT2D eigenvalue weighted by molar-refractivity contribution is 0.549. The number of nitrogens with one attached hydrogen (secondary N) is 1. The second-order valence-electron chi connectivity index (χ2n) is 3.88. The third-order valence-electron chi connectivity index (χ3n) is 2.59. The Balaban J connectivity index is 3.04. The summed E-state index contributed by atoms with van der Waals surface area (Å²) >= 11 is 0. The van der Waals surface area contributed by atoms with Crippen LogP contribution in [0.3, 0.4) is 0 Å². The first-order valence-electron chi connectivity index (χ1n) is 5.90. The van der Waals surface area contributed by atoms with E-state index in [1.807, 2.05) is 13.0 Å². The van der Waals surface area contributed by atoms with Gasteiger partial charge in [0.05, 0.1) is 11.4 Å². The molecule has 0 spiro atoms. The first-order valence-corrected chi connectivity index (χ1v) is 5.90. The fourth-order valence-corrected chi connectivity index (χ4v) is 1.84. The zero-order chi connectivity index (χ0) is 12.0. The second-order valence-corrected chi connectivity index (χ2v) is 3.88. The Labute approximate surface area is 98.0 Å². The van der Waals surface area contributed by atoms with Crippen LogP contribution in [0, 0.1) is 6.92 Å². The Morgan fingerprint density at radius 3 is 2.75 bits per heavy atom. The molecule has 0 fully saturated rings. The molecule has 1 rings (SSSR count). The Kier molecular flexibility index (Phi) is 5.12. The molecular weight excluding hydrogens is 198 g/mol. The van der Waals surface area contributed by atoms with Gasteiger partial charge in [0.25, 0.3) is 0 Å². The number of aryl methyl sites for hydroxylation is 2. The number of aromatic nitrogens is 2. The van der Waals surface area contributed by atoms with E-state index in [-0.39, 0.29) is 0 Å². The fraction of sp³-hybridized carbons (Fsp3) is 0.538. The standard InChI is InChI=1S/C13H21N3/c1-5-8-13(14-7-3)11-9-10(4)15-16-12(11)6-2/h5,9,13-14H,1,6-8H2,2-4H3. The van der Waals surface area contributed by atoms with Crippen molar-refractivity contribution < 1.29 is 0 Å². The van der Waals surface area contributed by atoms with Crippen molar-refractivity contribution in [3.63, 3.8) is 0 Å². The van der Waals surface area contributed by atoms with E-state index in [1.54, 1.807) is 0 Å². The Hall–Kier alpha value is -1.22. The van der Waals surface area contributed by atoms with Crippen LogP contribution in [-0.4, -0.2) is 16.7 Å². The molecule has 0 aliphatic heterocycles. The quantitative estimate of drug-likeness (QED) is 0.747. The molecular formula is C13H21N3. The number of rotatable bonds is 6. The van der Waals surface area contributed by atoms with Crippen molar-refractivity contribution in [3.05, 3.63) is 35.7 Å². The molecule has 0 aliphatic carbocycles. The van der Waals surface area contributed by atoms with Gasteiger partial charge in [0.2, 0.25) is 0 Å². The molecule has 0 saturated carbocycles. The fourth-order valence-electron chi connectivity index (χ4n) is 1.84. The highest BCUT2D eigenvalue weighted by Crippen LogP contribution is 2.20. The minimum Gasteiger partial charge on any atom is -0.310 e. The molecule has 0 aliphatic rings. The van der Waals surface area contributed by atoms with E-state index in [4.69, 9.17) is 0 Å². The predicted octanol–water partition coefficient (Wildman–Crippen LogP) is 2.57. The summed E-state index contributed by atoms with van der Waals surface area (Å²) in [7, 11) is 0. The molecule has 3 nitrogen and oxygen atoms in total. The van der Waals surface area contributed by atoms with Crippen LogP contribution in [-0.2, 0) is 6.42 Å². The van der Waals surface area contributed by atoms with Gasteiger partial charge in [-0.3, -0.25) is 0 Å². The van der Waals surface area contributed by atoms with E-state index in [0.29, 0.717) is 6.04 Å². The second kappa shape index (κ2) is 6.38. The van der Waals surface area contributed by atoms with Crippen LogP contribution in [0.2, 0.25) is 0 Å². The molecule has 1 unspecified atom stereocenters. The molecule has 0 saturated heterocycles. The monoisotopic (exact) mass is 219 g/mol.